The van der Waals surface area contributed by atoms with Gasteiger partial charge in [-0.1, -0.05) is 66.7 Å². The van der Waals surface area contributed by atoms with Crippen molar-refractivity contribution in [2.45, 2.75) is 50.2 Å². The van der Waals surface area contributed by atoms with Crippen LogP contribution in [0, 0.1) is 5.82 Å². The zero-order valence-electron chi connectivity index (χ0n) is 19.6. The fraction of sp³-hybridized carbons (Fsp3) is 0.286. The van der Waals surface area contributed by atoms with Gasteiger partial charge in [0.05, 0.1) is 0 Å². The summed E-state index contributed by atoms with van der Waals surface area (Å²) in [6.07, 6.45) is 0.597. The van der Waals surface area contributed by atoms with Crippen LogP contribution in [0.15, 0.2) is 89.8 Å². The largest absolute Gasteiger partial charge is 0.352 e. The van der Waals surface area contributed by atoms with Crippen molar-refractivity contribution in [2.75, 3.05) is 5.75 Å². The molecule has 3 aromatic rings. The number of rotatable bonds is 11. The molecule has 0 aliphatic rings. The van der Waals surface area contributed by atoms with Crippen molar-refractivity contribution >= 4 is 23.6 Å². The van der Waals surface area contributed by atoms with Crippen LogP contribution in [0.5, 0.6) is 0 Å². The summed E-state index contributed by atoms with van der Waals surface area (Å²) in [5.41, 5.74) is 1.33. The van der Waals surface area contributed by atoms with E-state index in [1.165, 1.54) is 11.0 Å². The number of amides is 2. The summed E-state index contributed by atoms with van der Waals surface area (Å²) in [5.74, 6) is -0.229. The summed E-state index contributed by atoms with van der Waals surface area (Å²) in [7, 11) is 0. The lowest BCUT2D eigenvalue weighted by Crippen LogP contribution is -2.52. The number of nitrogens with zero attached hydrogens (tertiary/aromatic N) is 1. The predicted molar refractivity (Wildman–Crippen MR) is 136 cm³/mol. The second-order valence-electron chi connectivity index (χ2n) is 8.39. The fourth-order valence-electron chi connectivity index (χ4n) is 3.66. The number of thioether (sulfide) groups is 1. The van der Waals surface area contributed by atoms with Crippen LogP contribution in [0.2, 0.25) is 0 Å². The Morgan fingerprint density at radius 3 is 2.18 bits per heavy atom. The van der Waals surface area contributed by atoms with E-state index in [1.807, 2.05) is 74.5 Å². The van der Waals surface area contributed by atoms with Crippen molar-refractivity contribution in [1.29, 1.82) is 0 Å². The van der Waals surface area contributed by atoms with Crippen LogP contribution in [-0.2, 0) is 22.6 Å². The number of carbonyl (C=O) groups excluding carboxylic acids is 2. The molecule has 0 aromatic heterocycles. The molecule has 1 N–H and O–H groups in total. The first-order valence-electron chi connectivity index (χ1n) is 11.5. The third kappa shape index (κ3) is 7.73. The fourth-order valence-corrected chi connectivity index (χ4v) is 4.52. The Morgan fingerprint density at radius 2 is 1.53 bits per heavy atom. The maximum absolute atomic E-state index is 14.5. The van der Waals surface area contributed by atoms with E-state index in [0.717, 1.165) is 10.5 Å². The second kappa shape index (κ2) is 12.9. The maximum atomic E-state index is 14.5. The van der Waals surface area contributed by atoms with Gasteiger partial charge < -0.3 is 10.2 Å². The summed E-state index contributed by atoms with van der Waals surface area (Å²) in [6.45, 7) is 3.80. The molecular weight excluding hydrogens is 447 g/mol. The number of benzene rings is 3. The Labute approximate surface area is 205 Å². The molecule has 0 aliphatic heterocycles. The highest BCUT2D eigenvalue weighted by Gasteiger charge is 2.31. The van der Waals surface area contributed by atoms with E-state index in [4.69, 9.17) is 0 Å². The normalized spacial score (nSPS) is 11.8. The minimum absolute atomic E-state index is 0.0323. The molecule has 0 bridgehead atoms. The van der Waals surface area contributed by atoms with E-state index < -0.39 is 6.04 Å². The van der Waals surface area contributed by atoms with E-state index in [1.54, 1.807) is 30.0 Å². The Morgan fingerprint density at radius 1 is 0.912 bits per heavy atom. The first-order chi connectivity index (χ1) is 16.4. The van der Waals surface area contributed by atoms with E-state index in [2.05, 4.69) is 5.32 Å². The minimum atomic E-state index is -0.751. The number of halogens is 1. The molecule has 2 amide bonds. The van der Waals surface area contributed by atoms with Crippen molar-refractivity contribution in [1.82, 2.24) is 10.2 Å². The molecule has 3 aromatic carbocycles. The van der Waals surface area contributed by atoms with Gasteiger partial charge in [0.25, 0.3) is 0 Å². The Bertz CT molecular complexity index is 1060. The lowest BCUT2D eigenvalue weighted by atomic mass is 10.0. The van der Waals surface area contributed by atoms with Crippen LogP contribution in [-0.4, -0.2) is 34.6 Å². The molecule has 0 spiro atoms. The quantitative estimate of drug-likeness (QED) is 0.372. The topological polar surface area (TPSA) is 49.4 Å². The molecule has 6 heteroatoms. The highest BCUT2D eigenvalue weighted by Crippen LogP contribution is 2.21. The third-order valence-corrected chi connectivity index (χ3v) is 6.34. The zero-order valence-corrected chi connectivity index (χ0v) is 20.4. The molecule has 0 radical (unpaired) electrons. The van der Waals surface area contributed by atoms with Gasteiger partial charge in [0.1, 0.15) is 11.9 Å². The van der Waals surface area contributed by atoms with Crippen LogP contribution < -0.4 is 5.32 Å². The number of hydrogen-bond donors (Lipinski definition) is 1. The van der Waals surface area contributed by atoms with Gasteiger partial charge in [-0.05, 0) is 37.6 Å². The van der Waals surface area contributed by atoms with Crippen molar-refractivity contribution in [2.24, 2.45) is 0 Å². The number of hydrogen-bond acceptors (Lipinski definition) is 3. The smallest absolute Gasteiger partial charge is 0.243 e. The molecule has 0 heterocycles. The van der Waals surface area contributed by atoms with E-state index in [9.17, 15) is 14.0 Å². The van der Waals surface area contributed by atoms with Crippen LogP contribution in [0.1, 0.15) is 31.4 Å². The molecular formula is C28H31FN2O2S. The predicted octanol–water partition coefficient (Wildman–Crippen LogP) is 5.47. The summed E-state index contributed by atoms with van der Waals surface area (Å²) in [6, 6.07) is 25.0. The maximum Gasteiger partial charge on any atom is 0.243 e. The Balaban J connectivity index is 1.86. The van der Waals surface area contributed by atoms with Crippen molar-refractivity contribution in [3.05, 3.63) is 102 Å². The molecule has 3 rings (SSSR count). The first kappa shape index (κ1) is 25.5. The van der Waals surface area contributed by atoms with Crippen LogP contribution in [0.25, 0.3) is 0 Å². The zero-order chi connectivity index (χ0) is 24.3. The average molecular weight is 479 g/mol. The highest BCUT2D eigenvalue weighted by atomic mass is 32.2. The van der Waals surface area contributed by atoms with Gasteiger partial charge in [-0.25, -0.2) is 4.39 Å². The molecule has 0 fully saturated rings. The standard InChI is InChI=1S/C28H31FN2O2S/c1-21(2)30-28(33)26(19-22-11-5-3-6-12-22)31(20-23-13-9-10-16-25(23)29)27(32)17-18-34-24-14-7-4-8-15-24/h3-16,21,26H,17-20H2,1-2H3,(H,30,33)/t26-/m1/s1. The van der Waals surface area contributed by atoms with Crippen molar-refractivity contribution in [3.8, 4) is 0 Å². The lowest BCUT2D eigenvalue weighted by Gasteiger charge is -2.32. The summed E-state index contributed by atoms with van der Waals surface area (Å²) in [5, 5.41) is 2.95. The lowest BCUT2D eigenvalue weighted by molar-refractivity contribution is -0.141. The Kier molecular flexibility index (Phi) is 9.71. The third-order valence-electron chi connectivity index (χ3n) is 5.33. The van der Waals surface area contributed by atoms with Gasteiger partial charge >= 0.3 is 0 Å². The molecule has 0 saturated heterocycles. The van der Waals surface area contributed by atoms with Crippen LogP contribution in [0.3, 0.4) is 0 Å². The van der Waals surface area contributed by atoms with E-state index in [0.29, 0.717) is 17.7 Å². The summed E-state index contributed by atoms with van der Waals surface area (Å²) in [4.78, 5) is 29.4. The molecule has 178 valence electrons. The number of nitrogens with one attached hydrogen (secondary N) is 1. The van der Waals surface area contributed by atoms with E-state index >= 15 is 0 Å². The molecule has 1 atom stereocenters. The molecule has 0 unspecified atom stereocenters. The molecule has 4 nitrogen and oxygen atoms in total. The van der Waals surface area contributed by atoms with Gasteiger partial charge in [0.2, 0.25) is 11.8 Å². The SMILES string of the molecule is CC(C)NC(=O)[C@@H](Cc1ccccc1)N(Cc1ccccc1F)C(=O)CCSc1ccccc1. The average Bonchev–Trinajstić information content (AvgIpc) is 2.83. The first-order valence-corrected chi connectivity index (χ1v) is 12.5. The van der Waals surface area contributed by atoms with Gasteiger partial charge in [-0.2, -0.15) is 0 Å². The summed E-state index contributed by atoms with van der Waals surface area (Å²) >= 11 is 1.59. The van der Waals surface area contributed by atoms with Crippen LogP contribution in [0.4, 0.5) is 4.39 Å². The molecule has 34 heavy (non-hydrogen) atoms. The second-order valence-corrected chi connectivity index (χ2v) is 9.56. The Hall–Kier alpha value is -3.12. The van der Waals surface area contributed by atoms with Gasteiger partial charge in [0, 0.05) is 41.6 Å². The summed E-state index contributed by atoms with van der Waals surface area (Å²) < 4.78 is 14.5. The van der Waals surface area contributed by atoms with Gasteiger partial charge in [-0.3, -0.25) is 9.59 Å². The molecule has 0 saturated carbocycles. The van der Waals surface area contributed by atoms with Gasteiger partial charge in [0.15, 0.2) is 0 Å². The van der Waals surface area contributed by atoms with Crippen molar-refractivity contribution in [3.63, 3.8) is 0 Å². The van der Waals surface area contributed by atoms with Gasteiger partial charge in [-0.15, -0.1) is 11.8 Å². The molecule has 0 aliphatic carbocycles. The monoisotopic (exact) mass is 478 g/mol. The van der Waals surface area contributed by atoms with Crippen LogP contribution >= 0.6 is 11.8 Å². The number of carbonyl (C=O) groups is 2. The highest BCUT2D eigenvalue weighted by molar-refractivity contribution is 7.99. The minimum Gasteiger partial charge on any atom is -0.352 e. The van der Waals surface area contributed by atoms with E-state index in [-0.39, 0.29) is 36.6 Å². The van der Waals surface area contributed by atoms with Crippen molar-refractivity contribution < 1.29 is 14.0 Å².